The minimum absolute atomic E-state index is 0.100. The maximum Gasteiger partial charge on any atom is 0.176 e. The third-order valence-electron chi connectivity index (χ3n) is 3.41. The average Bonchev–Trinajstić information content (AvgIpc) is 2.41. The fourth-order valence-electron chi connectivity index (χ4n) is 2.18. The van der Waals surface area contributed by atoms with Gasteiger partial charge < -0.3 is 20.3 Å². The van der Waals surface area contributed by atoms with Gasteiger partial charge in [0, 0.05) is 18.7 Å². The van der Waals surface area contributed by atoms with E-state index in [1.54, 1.807) is 0 Å². The highest BCUT2D eigenvalue weighted by Crippen LogP contribution is 2.33. The fraction of sp³-hybridized carbons (Fsp3) is 0.562. The lowest BCUT2D eigenvalue weighted by atomic mass is 10.0. The molecule has 0 bridgehead atoms. The molecule has 0 aromatic heterocycles. The van der Waals surface area contributed by atoms with Gasteiger partial charge in [-0.05, 0) is 46.1 Å². The summed E-state index contributed by atoms with van der Waals surface area (Å²) in [5, 5.41) is 6.49. The third-order valence-corrected chi connectivity index (χ3v) is 3.41. The predicted octanol–water partition coefficient (Wildman–Crippen LogP) is 1.60. The first-order valence-corrected chi connectivity index (χ1v) is 7.33. The van der Waals surface area contributed by atoms with Crippen molar-refractivity contribution in [1.29, 1.82) is 0 Å². The smallest absolute Gasteiger partial charge is 0.176 e. The van der Waals surface area contributed by atoms with Gasteiger partial charge in [-0.25, -0.2) is 0 Å². The summed E-state index contributed by atoms with van der Waals surface area (Å²) in [5.74, 6) is 0.909. The van der Waals surface area contributed by atoms with Crippen LogP contribution < -0.4 is 15.4 Å². The summed E-state index contributed by atoms with van der Waals surface area (Å²) >= 11 is 0. The minimum Gasteiger partial charge on any atom is -0.484 e. The Hall–Kier alpha value is -1.59. The van der Waals surface area contributed by atoms with Crippen LogP contribution in [0.4, 0.5) is 5.69 Å². The summed E-state index contributed by atoms with van der Waals surface area (Å²) in [7, 11) is 4.03. The van der Waals surface area contributed by atoms with Gasteiger partial charge in [-0.3, -0.25) is 4.79 Å². The van der Waals surface area contributed by atoms with Crippen LogP contribution in [0.1, 0.15) is 24.2 Å². The fourth-order valence-corrected chi connectivity index (χ4v) is 2.18. The first-order chi connectivity index (χ1) is 9.87. The number of ether oxygens (including phenoxy) is 1. The van der Waals surface area contributed by atoms with Crippen LogP contribution in [0, 0.1) is 0 Å². The van der Waals surface area contributed by atoms with Crippen LogP contribution in [0.2, 0.25) is 0 Å². The van der Waals surface area contributed by atoms with E-state index in [-0.39, 0.29) is 11.4 Å². The van der Waals surface area contributed by atoms with Crippen LogP contribution in [0.25, 0.3) is 0 Å². The lowest BCUT2D eigenvalue weighted by Gasteiger charge is -2.33. The number of fused-ring (bicyclic) bond motifs is 1. The highest BCUT2D eigenvalue weighted by molar-refractivity contribution is 5.98. The normalized spacial score (nSPS) is 16.0. The molecule has 2 rings (SSSR count). The van der Waals surface area contributed by atoms with Crippen molar-refractivity contribution in [2.24, 2.45) is 0 Å². The standard InChI is InChI=1S/C16H25N3O2/c1-16(2)11-18-13-9-12(5-6-15(13)21-16)14(20)10-17-7-8-19(3)4/h5-6,9,17-18H,7-8,10-11H2,1-4H3. The second-order valence-electron chi connectivity index (χ2n) is 6.33. The summed E-state index contributed by atoms with van der Waals surface area (Å²) in [6.07, 6.45) is 0. The zero-order valence-electron chi connectivity index (χ0n) is 13.3. The molecule has 0 saturated carbocycles. The van der Waals surface area contributed by atoms with E-state index >= 15 is 0 Å². The number of carbonyl (C=O) groups is 1. The molecule has 1 aromatic rings. The predicted molar refractivity (Wildman–Crippen MR) is 85.4 cm³/mol. The van der Waals surface area contributed by atoms with E-state index in [1.807, 2.05) is 46.1 Å². The van der Waals surface area contributed by atoms with Crippen molar-refractivity contribution in [1.82, 2.24) is 10.2 Å². The monoisotopic (exact) mass is 291 g/mol. The van der Waals surface area contributed by atoms with E-state index in [1.165, 1.54) is 0 Å². The lowest BCUT2D eigenvalue weighted by molar-refractivity contribution is 0.0990. The van der Waals surface area contributed by atoms with Gasteiger partial charge in [0.2, 0.25) is 0 Å². The van der Waals surface area contributed by atoms with Gasteiger partial charge in [0.15, 0.2) is 5.78 Å². The largest absolute Gasteiger partial charge is 0.484 e. The lowest BCUT2D eigenvalue weighted by Crippen LogP contribution is -2.40. The van der Waals surface area contributed by atoms with Crippen molar-refractivity contribution >= 4 is 11.5 Å². The molecule has 0 spiro atoms. The van der Waals surface area contributed by atoms with Crippen molar-refractivity contribution in [2.75, 3.05) is 45.6 Å². The molecule has 1 aromatic carbocycles. The van der Waals surface area contributed by atoms with E-state index in [0.29, 0.717) is 12.1 Å². The number of carbonyl (C=O) groups excluding carboxylic acids is 1. The van der Waals surface area contributed by atoms with Crippen molar-refractivity contribution in [3.05, 3.63) is 23.8 Å². The molecule has 2 N–H and O–H groups in total. The van der Waals surface area contributed by atoms with Gasteiger partial charge >= 0.3 is 0 Å². The Morgan fingerprint density at radius 2 is 2.19 bits per heavy atom. The summed E-state index contributed by atoms with van der Waals surface area (Å²) < 4.78 is 5.88. The Morgan fingerprint density at radius 3 is 2.90 bits per heavy atom. The molecule has 0 aliphatic carbocycles. The van der Waals surface area contributed by atoms with E-state index in [4.69, 9.17) is 4.74 Å². The molecule has 0 saturated heterocycles. The molecule has 1 aliphatic rings. The van der Waals surface area contributed by atoms with E-state index in [0.717, 1.165) is 31.1 Å². The van der Waals surface area contributed by atoms with Gasteiger partial charge in [-0.2, -0.15) is 0 Å². The Balaban J connectivity index is 1.94. The SMILES string of the molecule is CN(C)CCNCC(=O)c1ccc2c(c1)NCC(C)(C)O2. The van der Waals surface area contributed by atoms with Crippen LogP contribution in [-0.2, 0) is 0 Å². The summed E-state index contributed by atoms with van der Waals surface area (Å²) in [6.45, 7) is 6.90. The molecule has 1 heterocycles. The molecular weight excluding hydrogens is 266 g/mol. The number of benzene rings is 1. The van der Waals surface area contributed by atoms with Crippen LogP contribution >= 0.6 is 0 Å². The molecule has 0 fully saturated rings. The average molecular weight is 291 g/mol. The van der Waals surface area contributed by atoms with E-state index in [2.05, 4.69) is 15.5 Å². The Kier molecular flexibility index (Phi) is 4.85. The quantitative estimate of drug-likeness (QED) is 0.616. The number of ketones is 1. The maximum atomic E-state index is 12.2. The van der Waals surface area contributed by atoms with Gasteiger partial charge in [0.1, 0.15) is 11.4 Å². The molecule has 21 heavy (non-hydrogen) atoms. The number of nitrogens with zero attached hydrogens (tertiary/aromatic N) is 1. The van der Waals surface area contributed by atoms with Crippen molar-refractivity contribution in [3.63, 3.8) is 0 Å². The molecule has 1 aliphatic heterocycles. The third kappa shape index (κ3) is 4.44. The number of rotatable bonds is 6. The number of hydrogen-bond donors (Lipinski definition) is 2. The molecule has 5 nitrogen and oxygen atoms in total. The summed E-state index contributed by atoms with van der Waals surface area (Å²) in [6, 6.07) is 5.58. The molecule has 0 unspecified atom stereocenters. The number of hydrogen-bond acceptors (Lipinski definition) is 5. The first-order valence-electron chi connectivity index (χ1n) is 7.33. The molecule has 0 amide bonds. The van der Waals surface area contributed by atoms with Gasteiger partial charge in [0.25, 0.3) is 0 Å². The molecule has 0 atom stereocenters. The van der Waals surface area contributed by atoms with Crippen molar-refractivity contribution in [2.45, 2.75) is 19.4 Å². The maximum absolute atomic E-state index is 12.2. The number of anilines is 1. The number of nitrogens with one attached hydrogen (secondary N) is 2. The van der Waals surface area contributed by atoms with Crippen LogP contribution in [-0.4, -0.2) is 56.6 Å². The summed E-state index contributed by atoms with van der Waals surface area (Å²) in [5.41, 5.74) is 1.39. The van der Waals surface area contributed by atoms with Crippen LogP contribution in [0.3, 0.4) is 0 Å². The van der Waals surface area contributed by atoms with Crippen molar-refractivity contribution in [3.8, 4) is 5.75 Å². The highest BCUT2D eigenvalue weighted by Gasteiger charge is 2.26. The Labute approximate surface area is 126 Å². The van der Waals surface area contributed by atoms with Gasteiger partial charge in [-0.1, -0.05) is 0 Å². The topological polar surface area (TPSA) is 53.6 Å². The van der Waals surface area contributed by atoms with E-state index < -0.39 is 0 Å². The van der Waals surface area contributed by atoms with Crippen LogP contribution in [0.15, 0.2) is 18.2 Å². The molecule has 116 valence electrons. The molecule has 0 radical (unpaired) electrons. The minimum atomic E-state index is -0.216. The van der Waals surface area contributed by atoms with Crippen molar-refractivity contribution < 1.29 is 9.53 Å². The summed E-state index contributed by atoms with van der Waals surface area (Å²) in [4.78, 5) is 14.2. The Morgan fingerprint density at radius 1 is 1.43 bits per heavy atom. The highest BCUT2D eigenvalue weighted by atomic mass is 16.5. The second kappa shape index (κ2) is 6.45. The second-order valence-corrected chi connectivity index (χ2v) is 6.33. The van der Waals surface area contributed by atoms with Gasteiger partial charge in [-0.15, -0.1) is 0 Å². The zero-order valence-corrected chi connectivity index (χ0v) is 13.3. The molecular formula is C16H25N3O2. The van der Waals surface area contributed by atoms with Gasteiger partial charge in [0.05, 0.1) is 18.8 Å². The number of Topliss-reactive ketones (excluding diaryl/α,β-unsaturated/α-hetero) is 1. The first kappa shape index (κ1) is 15.8. The molecule has 5 heteroatoms. The zero-order chi connectivity index (χ0) is 15.5. The Bertz CT molecular complexity index is 512. The number of likely N-dealkylation sites (N-methyl/N-ethyl adjacent to an activating group) is 1. The van der Waals surface area contributed by atoms with Crippen LogP contribution in [0.5, 0.6) is 5.75 Å². The van der Waals surface area contributed by atoms with E-state index in [9.17, 15) is 4.79 Å².